The zero-order valence-corrected chi connectivity index (χ0v) is 18.6. The van der Waals surface area contributed by atoms with E-state index in [1.807, 2.05) is 38.1 Å². The van der Waals surface area contributed by atoms with E-state index in [0.717, 1.165) is 16.7 Å². The molecular formula is C25H20Cl2N2O2. The minimum absolute atomic E-state index is 0.00197. The molecule has 6 heteroatoms. The maximum Gasteiger partial charge on any atom is 0.266 e. The fourth-order valence-corrected chi connectivity index (χ4v) is 3.42. The Labute approximate surface area is 191 Å². The van der Waals surface area contributed by atoms with E-state index in [4.69, 9.17) is 27.9 Å². The van der Waals surface area contributed by atoms with Crippen LogP contribution >= 0.6 is 23.2 Å². The summed E-state index contributed by atoms with van der Waals surface area (Å²) < 4.78 is 5.81. The van der Waals surface area contributed by atoms with Gasteiger partial charge in [0.1, 0.15) is 24.0 Å². The summed E-state index contributed by atoms with van der Waals surface area (Å²) in [6.45, 7) is 4.16. The van der Waals surface area contributed by atoms with Crippen LogP contribution in [-0.2, 0) is 11.4 Å². The van der Waals surface area contributed by atoms with Crippen molar-refractivity contribution < 1.29 is 9.53 Å². The van der Waals surface area contributed by atoms with Gasteiger partial charge in [-0.05, 0) is 61.4 Å². The van der Waals surface area contributed by atoms with Gasteiger partial charge in [-0.15, -0.1) is 0 Å². The number of amides is 1. The van der Waals surface area contributed by atoms with Crippen LogP contribution in [0.25, 0.3) is 6.08 Å². The third-order valence-corrected chi connectivity index (χ3v) is 5.16. The van der Waals surface area contributed by atoms with Crippen LogP contribution in [0.3, 0.4) is 0 Å². The van der Waals surface area contributed by atoms with E-state index in [1.54, 1.807) is 42.5 Å². The molecule has 3 rings (SSSR count). The molecule has 0 fully saturated rings. The van der Waals surface area contributed by atoms with Gasteiger partial charge in [0.2, 0.25) is 0 Å². The molecule has 3 aromatic rings. The topological polar surface area (TPSA) is 62.1 Å². The molecule has 0 aliphatic rings. The number of rotatable bonds is 6. The number of aryl methyl sites for hydroxylation is 2. The van der Waals surface area contributed by atoms with Crippen LogP contribution in [0.1, 0.15) is 22.3 Å². The lowest BCUT2D eigenvalue weighted by Crippen LogP contribution is -2.14. The number of nitrogens with zero attached hydrogens (tertiary/aromatic N) is 1. The first-order chi connectivity index (χ1) is 14.9. The van der Waals surface area contributed by atoms with Crippen LogP contribution in [0.4, 0.5) is 5.69 Å². The van der Waals surface area contributed by atoms with Crippen molar-refractivity contribution in [2.75, 3.05) is 5.32 Å². The molecule has 3 aromatic carbocycles. The molecule has 0 saturated heterocycles. The molecule has 0 saturated carbocycles. The summed E-state index contributed by atoms with van der Waals surface area (Å²) in [5.74, 6) is 0.126. The molecule has 0 radical (unpaired) electrons. The predicted molar refractivity (Wildman–Crippen MR) is 125 cm³/mol. The Kier molecular flexibility index (Phi) is 7.36. The third kappa shape index (κ3) is 6.11. The molecule has 0 unspecified atom stereocenters. The number of ether oxygens (including phenoxy) is 1. The highest BCUT2D eigenvalue weighted by Crippen LogP contribution is 2.24. The van der Waals surface area contributed by atoms with Gasteiger partial charge in [0.05, 0.1) is 0 Å². The van der Waals surface area contributed by atoms with Crippen molar-refractivity contribution in [1.82, 2.24) is 0 Å². The lowest BCUT2D eigenvalue weighted by atomic mass is 10.1. The standard InChI is InChI=1S/C25H20Cl2N2O2/c1-16-6-9-24(17(2)10-16)29-25(30)20(14-28)11-18-4-3-5-22(12-18)31-15-19-7-8-21(26)13-23(19)27/h3-13H,15H2,1-2H3,(H,29,30)/b20-11-. The maximum atomic E-state index is 12.6. The number of carbonyl (C=O) groups is 1. The number of benzene rings is 3. The Balaban J connectivity index is 1.73. The molecule has 0 aromatic heterocycles. The lowest BCUT2D eigenvalue weighted by Gasteiger charge is -2.10. The average Bonchev–Trinajstić information content (AvgIpc) is 2.73. The summed E-state index contributed by atoms with van der Waals surface area (Å²) in [5, 5.41) is 13.4. The number of hydrogen-bond acceptors (Lipinski definition) is 3. The number of nitriles is 1. The van der Waals surface area contributed by atoms with Crippen molar-refractivity contribution in [2.24, 2.45) is 0 Å². The van der Waals surface area contributed by atoms with Gasteiger partial charge < -0.3 is 10.1 Å². The van der Waals surface area contributed by atoms with Gasteiger partial charge in [-0.1, -0.05) is 59.1 Å². The second-order valence-corrected chi connectivity index (χ2v) is 7.88. The molecule has 0 spiro atoms. The van der Waals surface area contributed by atoms with Crippen molar-refractivity contribution in [3.05, 3.63) is 98.5 Å². The highest BCUT2D eigenvalue weighted by molar-refractivity contribution is 6.35. The lowest BCUT2D eigenvalue weighted by molar-refractivity contribution is -0.112. The fourth-order valence-electron chi connectivity index (χ4n) is 2.95. The first kappa shape index (κ1) is 22.4. The normalized spacial score (nSPS) is 11.0. The molecular weight excluding hydrogens is 431 g/mol. The zero-order valence-electron chi connectivity index (χ0n) is 17.1. The number of carbonyl (C=O) groups excluding carboxylic acids is 1. The van der Waals surface area contributed by atoms with E-state index >= 15 is 0 Å². The minimum Gasteiger partial charge on any atom is -0.489 e. The van der Waals surface area contributed by atoms with E-state index in [9.17, 15) is 10.1 Å². The molecule has 0 atom stereocenters. The van der Waals surface area contributed by atoms with E-state index in [-0.39, 0.29) is 12.2 Å². The smallest absolute Gasteiger partial charge is 0.266 e. The van der Waals surface area contributed by atoms with Crippen LogP contribution in [0.2, 0.25) is 10.0 Å². The summed E-state index contributed by atoms with van der Waals surface area (Å²) in [6.07, 6.45) is 1.53. The molecule has 156 valence electrons. The van der Waals surface area contributed by atoms with Gasteiger partial charge >= 0.3 is 0 Å². The molecule has 1 N–H and O–H groups in total. The van der Waals surface area contributed by atoms with Crippen molar-refractivity contribution >= 4 is 40.9 Å². The summed E-state index contributed by atoms with van der Waals surface area (Å²) >= 11 is 12.1. The zero-order chi connectivity index (χ0) is 22.4. The van der Waals surface area contributed by atoms with E-state index < -0.39 is 5.91 Å². The largest absolute Gasteiger partial charge is 0.489 e. The first-order valence-corrected chi connectivity index (χ1v) is 10.3. The van der Waals surface area contributed by atoms with Crippen LogP contribution < -0.4 is 10.1 Å². The molecule has 0 aliphatic heterocycles. The number of anilines is 1. The van der Waals surface area contributed by atoms with Gasteiger partial charge in [-0.2, -0.15) is 5.26 Å². The molecule has 0 heterocycles. The molecule has 0 bridgehead atoms. The maximum absolute atomic E-state index is 12.6. The fraction of sp³-hybridized carbons (Fsp3) is 0.120. The SMILES string of the molecule is Cc1ccc(NC(=O)/C(C#N)=C\c2cccc(OCc3ccc(Cl)cc3Cl)c2)c(C)c1. The number of hydrogen-bond donors (Lipinski definition) is 1. The monoisotopic (exact) mass is 450 g/mol. The second kappa shape index (κ2) is 10.2. The number of nitrogens with one attached hydrogen (secondary N) is 1. The Morgan fingerprint density at radius 2 is 1.90 bits per heavy atom. The highest BCUT2D eigenvalue weighted by atomic mass is 35.5. The van der Waals surface area contributed by atoms with Crippen LogP contribution in [0, 0.1) is 25.2 Å². The second-order valence-electron chi connectivity index (χ2n) is 7.04. The summed E-state index contributed by atoms with van der Waals surface area (Å²) in [6, 6.07) is 20.0. The molecule has 1 amide bonds. The summed E-state index contributed by atoms with van der Waals surface area (Å²) in [7, 11) is 0. The van der Waals surface area contributed by atoms with Gasteiger partial charge in [0, 0.05) is 21.3 Å². The van der Waals surface area contributed by atoms with Crippen LogP contribution in [0.5, 0.6) is 5.75 Å². The van der Waals surface area contributed by atoms with E-state index in [1.165, 1.54) is 6.08 Å². The van der Waals surface area contributed by atoms with Crippen molar-refractivity contribution in [1.29, 1.82) is 5.26 Å². The Morgan fingerprint density at radius 1 is 1.10 bits per heavy atom. The van der Waals surface area contributed by atoms with Crippen LogP contribution in [-0.4, -0.2) is 5.91 Å². The Morgan fingerprint density at radius 3 is 2.61 bits per heavy atom. The van der Waals surface area contributed by atoms with Gasteiger partial charge in [0.25, 0.3) is 5.91 Å². The quantitative estimate of drug-likeness (QED) is 0.334. The Bertz CT molecular complexity index is 1200. The van der Waals surface area contributed by atoms with Crippen LogP contribution in [0.15, 0.2) is 66.2 Å². The van der Waals surface area contributed by atoms with Crippen molar-refractivity contribution in [3.8, 4) is 11.8 Å². The van der Waals surface area contributed by atoms with Gasteiger partial charge in [-0.3, -0.25) is 4.79 Å². The summed E-state index contributed by atoms with van der Waals surface area (Å²) in [4.78, 5) is 12.6. The molecule has 4 nitrogen and oxygen atoms in total. The van der Waals surface area contributed by atoms with E-state index in [0.29, 0.717) is 27.0 Å². The molecule has 0 aliphatic carbocycles. The average molecular weight is 451 g/mol. The van der Waals surface area contributed by atoms with Crippen molar-refractivity contribution in [3.63, 3.8) is 0 Å². The summed E-state index contributed by atoms with van der Waals surface area (Å²) in [5.41, 5.74) is 4.18. The van der Waals surface area contributed by atoms with Crippen molar-refractivity contribution in [2.45, 2.75) is 20.5 Å². The van der Waals surface area contributed by atoms with Gasteiger partial charge in [-0.25, -0.2) is 0 Å². The third-order valence-electron chi connectivity index (χ3n) is 4.57. The highest BCUT2D eigenvalue weighted by Gasteiger charge is 2.11. The minimum atomic E-state index is -0.464. The first-order valence-electron chi connectivity index (χ1n) is 9.53. The molecule has 31 heavy (non-hydrogen) atoms. The van der Waals surface area contributed by atoms with E-state index in [2.05, 4.69) is 5.32 Å². The predicted octanol–water partition coefficient (Wildman–Crippen LogP) is 6.73. The number of halogens is 2. The Hall–Kier alpha value is -3.26. The van der Waals surface area contributed by atoms with Gasteiger partial charge in [0.15, 0.2) is 0 Å².